The Bertz CT molecular complexity index is 703. The molecule has 1 aromatic rings. The number of rotatable bonds is 6. The third kappa shape index (κ3) is 6.01. The van der Waals surface area contributed by atoms with E-state index < -0.39 is 12.0 Å². The zero-order valence-corrected chi connectivity index (χ0v) is 16.7. The van der Waals surface area contributed by atoms with Crippen LogP contribution in [0.25, 0.3) is 0 Å². The van der Waals surface area contributed by atoms with Crippen molar-refractivity contribution in [1.29, 1.82) is 0 Å². The van der Waals surface area contributed by atoms with Crippen molar-refractivity contribution in [3.63, 3.8) is 0 Å². The van der Waals surface area contributed by atoms with Crippen LogP contribution in [0.1, 0.15) is 52.4 Å². The van der Waals surface area contributed by atoms with E-state index in [1.54, 1.807) is 6.07 Å². The number of nitrogens with one attached hydrogen (secondary N) is 1. The first-order chi connectivity index (χ1) is 13.5. The number of aliphatic hydroxyl groups is 1. The van der Waals surface area contributed by atoms with Crippen LogP contribution in [-0.2, 0) is 4.79 Å². The van der Waals surface area contributed by atoms with E-state index >= 15 is 0 Å². The largest absolute Gasteiger partial charge is 0.573 e. The van der Waals surface area contributed by atoms with Crippen LogP contribution in [0.4, 0.5) is 13.2 Å². The number of hydrogen-bond acceptors (Lipinski definition) is 4. The quantitative estimate of drug-likeness (QED) is 0.731. The molecule has 0 spiro atoms. The van der Waals surface area contributed by atoms with Gasteiger partial charge in [0.15, 0.2) is 11.5 Å². The maximum absolute atomic E-state index is 12.5. The van der Waals surface area contributed by atoms with Gasteiger partial charge in [-0.2, -0.15) is 0 Å². The summed E-state index contributed by atoms with van der Waals surface area (Å²) in [6, 6.07) is 5.76. The Balaban J connectivity index is 1.43. The summed E-state index contributed by atoms with van der Waals surface area (Å²) >= 11 is 0. The summed E-state index contributed by atoms with van der Waals surface area (Å²) in [6.45, 7) is 3.64. The van der Waals surface area contributed by atoms with E-state index in [2.05, 4.69) is 10.1 Å². The number of benzene rings is 1. The molecule has 0 bridgehead atoms. The number of carbonyl (C=O) groups excluding carboxylic acids is 1. The average molecular weight is 415 g/mol. The SMILES string of the molecule is CC(C)(O)C1CCC(NC(=O)C2CC(Oc3ccccc3OC(F)(F)F)C2)CC1. The van der Waals surface area contributed by atoms with Gasteiger partial charge in [-0.3, -0.25) is 4.79 Å². The molecule has 0 atom stereocenters. The van der Waals surface area contributed by atoms with E-state index in [0.29, 0.717) is 12.8 Å². The Morgan fingerprint density at radius 2 is 1.66 bits per heavy atom. The second kappa shape index (κ2) is 8.42. The normalized spacial score (nSPS) is 27.7. The van der Waals surface area contributed by atoms with Gasteiger partial charge in [-0.25, -0.2) is 0 Å². The smallest absolute Gasteiger partial charge is 0.486 e. The summed E-state index contributed by atoms with van der Waals surface area (Å²) in [5.74, 6) is -0.328. The molecule has 2 aliphatic rings. The van der Waals surface area contributed by atoms with Crippen molar-refractivity contribution in [2.24, 2.45) is 11.8 Å². The number of amides is 1. The van der Waals surface area contributed by atoms with Gasteiger partial charge in [0, 0.05) is 12.0 Å². The van der Waals surface area contributed by atoms with Crippen LogP contribution in [0.3, 0.4) is 0 Å². The van der Waals surface area contributed by atoms with Crippen LogP contribution in [0, 0.1) is 11.8 Å². The second-order valence-electron chi connectivity index (χ2n) is 8.61. The van der Waals surface area contributed by atoms with Crippen molar-refractivity contribution in [3.8, 4) is 11.5 Å². The molecule has 2 saturated carbocycles. The zero-order valence-electron chi connectivity index (χ0n) is 16.7. The number of ether oxygens (including phenoxy) is 2. The number of alkyl halides is 3. The average Bonchev–Trinajstić information content (AvgIpc) is 2.57. The van der Waals surface area contributed by atoms with Gasteiger partial charge in [-0.1, -0.05) is 12.1 Å². The minimum absolute atomic E-state index is 0.0265. The lowest BCUT2D eigenvalue weighted by Crippen LogP contribution is -2.48. The Kier molecular flexibility index (Phi) is 6.31. The molecule has 29 heavy (non-hydrogen) atoms. The number of halogens is 3. The van der Waals surface area contributed by atoms with Gasteiger partial charge < -0.3 is 19.9 Å². The molecule has 2 aliphatic carbocycles. The Morgan fingerprint density at radius 1 is 1.07 bits per heavy atom. The summed E-state index contributed by atoms with van der Waals surface area (Å²) < 4.78 is 47.1. The van der Waals surface area contributed by atoms with Crippen molar-refractivity contribution >= 4 is 5.91 Å². The van der Waals surface area contributed by atoms with E-state index in [1.165, 1.54) is 18.2 Å². The van der Waals surface area contributed by atoms with Gasteiger partial charge in [0.1, 0.15) is 6.10 Å². The first-order valence-electron chi connectivity index (χ1n) is 10.1. The van der Waals surface area contributed by atoms with E-state index in [9.17, 15) is 23.1 Å². The molecule has 0 unspecified atom stereocenters. The lowest BCUT2D eigenvalue weighted by atomic mass is 9.76. The fraction of sp³-hybridized carbons (Fsp3) is 0.667. The highest BCUT2D eigenvalue weighted by molar-refractivity contribution is 5.80. The predicted octanol–water partition coefficient (Wildman–Crippen LogP) is 4.19. The van der Waals surface area contributed by atoms with E-state index in [0.717, 1.165) is 25.7 Å². The van der Waals surface area contributed by atoms with E-state index in [4.69, 9.17) is 4.74 Å². The van der Waals surface area contributed by atoms with E-state index in [1.807, 2.05) is 13.8 Å². The van der Waals surface area contributed by atoms with Crippen LogP contribution >= 0.6 is 0 Å². The van der Waals surface area contributed by atoms with Crippen molar-refractivity contribution in [2.75, 3.05) is 0 Å². The molecule has 0 heterocycles. The number of hydrogen-bond donors (Lipinski definition) is 2. The molecule has 0 aliphatic heterocycles. The zero-order chi connectivity index (χ0) is 21.2. The van der Waals surface area contributed by atoms with Crippen molar-refractivity contribution in [1.82, 2.24) is 5.32 Å². The molecule has 162 valence electrons. The van der Waals surface area contributed by atoms with Crippen LogP contribution in [-0.4, -0.2) is 35.1 Å². The molecule has 0 aromatic heterocycles. The van der Waals surface area contributed by atoms with Gasteiger partial charge in [-0.15, -0.1) is 13.2 Å². The number of carbonyl (C=O) groups is 1. The molecule has 2 fully saturated rings. The third-order valence-corrected chi connectivity index (χ3v) is 5.91. The molecular formula is C21H28F3NO4. The lowest BCUT2D eigenvalue weighted by molar-refractivity contribution is -0.275. The highest BCUT2D eigenvalue weighted by atomic mass is 19.4. The summed E-state index contributed by atoms with van der Waals surface area (Å²) in [5, 5.41) is 13.2. The van der Waals surface area contributed by atoms with Crippen LogP contribution < -0.4 is 14.8 Å². The van der Waals surface area contributed by atoms with Gasteiger partial charge in [-0.05, 0) is 70.4 Å². The monoisotopic (exact) mass is 415 g/mol. The van der Waals surface area contributed by atoms with E-state index in [-0.39, 0.29) is 41.4 Å². The Hall–Kier alpha value is -1.96. The fourth-order valence-electron chi connectivity index (χ4n) is 4.08. The summed E-state index contributed by atoms with van der Waals surface area (Å²) in [6.07, 6.45) is -0.733. The van der Waals surface area contributed by atoms with Crippen molar-refractivity contribution in [2.45, 2.75) is 76.5 Å². The molecule has 0 saturated heterocycles. The summed E-state index contributed by atoms with van der Waals surface area (Å²) in [7, 11) is 0. The minimum atomic E-state index is -4.79. The molecule has 5 nitrogen and oxygen atoms in total. The highest BCUT2D eigenvalue weighted by Crippen LogP contribution is 2.38. The van der Waals surface area contributed by atoms with Gasteiger partial charge in [0.05, 0.1) is 5.60 Å². The Labute approximate surface area is 168 Å². The molecule has 3 rings (SSSR count). The van der Waals surface area contributed by atoms with Crippen molar-refractivity contribution < 1.29 is 32.5 Å². The second-order valence-corrected chi connectivity index (χ2v) is 8.61. The third-order valence-electron chi connectivity index (χ3n) is 5.91. The predicted molar refractivity (Wildman–Crippen MR) is 100 cm³/mol. The van der Waals surface area contributed by atoms with Crippen LogP contribution in [0.2, 0.25) is 0 Å². The maximum atomic E-state index is 12.5. The molecule has 1 amide bonds. The first-order valence-corrected chi connectivity index (χ1v) is 10.1. The fourth-order valence-corrected chi connectivity index (χ4v) is 4.08. The maximum Gasteiger partial charge on any atom is 0.573 e. The van der Waals surface area contributed by atoms with Crippen LogP contribution in [0.5, 0.6) is 11.5 Å². The van der Waals surface area contributed by atoms with Gasteiger partial charge >= 0.3 is 6.36 Å². The topological polar surface area (TPSA) is 67.8 Å². The van der Waals surface area contributed by atoms with Gasteiger partial charge in [0.25, 0.3) is 0 Å². The molecular weight excluding hydrogens is 387 g/mol. The molecule has 8 heteroatoms. The minimum Gasteiger partial charge on any atom is -0.486 e. The first kappa shape index (κ1) is 21.7. The molecule has 2 N–H and O–H groups in total. The van der Waals surface area contributed by atoms with Crippen LogP contribution in [0.15, 0.2) is 24.3 Å². The standard InChI is InChI=1S/C21H28F3NO4/c1-20(2,27)14-7-9-15(10-8-14)25-19(26)13-11-16(12-13)28-17-5-3-4-6-18(17)29-21(22,23)24/h3-6,13-16,27H,7-12H2,1-2H3,(H,25,26). The highest BCUT2D eigenvalue weighted by Gasteiger charge is 2.39. The number of para-hydroxylation sites is 2. The summed E-state index contributed by atoms with van der Waals surface area (Å²) in [5.41, 5.74) is -0.695. The lowest BCUT2D eigenvalue weighted by Gasteiger charge is -2.38. The van der Waals surface area contributed by atoms with Crippen molar-refractivity contribution in [3.05, 3.63) is 24.3 Å². The summed E-state index contributed by atoms with van der Waals surface area (Å²) in [4.78, 5) is 12.4. The molecule has 0 radical (unpaired) electrons. The Morgan fingerprint density at radius 3 is 2.21 bits per heavy atom. The molecule has 1 aromatic carbocycles. The van der Waals surface area contributed by atoms with Gasteiger partial charge in [0.2, 0.25) is 5.91 Å².